The Bertz CT molecular complexity index is 801. The number of nitrogens with zero attached hydrogens (tertiary/aromatic N) is 2. The Labute approximate surface area is 145 Å². The quantitative estimate of drug-likeness (QED) is 0.644. The molecule has 2 aromatic carbocycles. The summed E-state index contributed by atoms with van der Waals surface area (Å²) in [5.74, 6) is -0.425. The Morgan fingerprint density at radius 3 is 2.64 bits per heavy atom. The van der Waals surface area contributed by atoms with E-state index in [1.807, 2.05) is 4.90 Å². The van der Waals surface area contributed by atoms with E-state index in [-0.39, 0.29) is 17.9 Å². The summed E-state index contributed by atoms with van der Waals surface area (Å²) in [4.78, 5) is 25.4. The van der Waals surface area contributed by atoms with Crippen LogP contribution in [0.5, 0.6) is 0 Å². The molecular formula is C18H19N3O4. The predicted octanol–water partition coefficient (Wildman–Crippen LogP) is 2.94. The van der Waals surface area contributed by atoms with Crippen molar-refractivity contribution in [3.63, 3.8) is 0 Å². The summed E-state index contributed by atoms with van der Waals surface area (Å²) in [6.07, 6.45) is 2.03. The topological polar surface area (TPSA) is 95.7 Å². The van der Waals surface area contributed by atoms with Crippen molar-refractivity contribution in [3.8, 4) is 0 Å². The number of rotatable bonds is 5. The SMILES string of the molecule is O=C(Nc1cccc(CO)c1)c1ccc(N2CCCC2)c([N+](=O)[O-])c1. The molecule has 7 nitrogen and oxygen atoms in total. The van der Waals surface area contributed by atoms with Gasteiger partial charge in [-0.2, -0.15) is 0 Å². The highest BCUT2D eigenvalue weighted by Crippen LogP contribution is 2.31. The molecule has 2 N–H and O–H groups in total. The highest BCUT2D eigenvalue weighted by atomic mass is 16.6. The lowest BCUT2D eigenvalue weighted by atomic mass is 10.1. The lowest BCUT2D eigenvalue weighted by molar-refractivity contribution is -0.384. The molecule has 0 radical (unpaired) electrons. The smallest absolute Gasteiger partial charge is 0.293 e. The number of nitro benzene ring substituents is 1. The van der Waals surface area contributed by atoms with Gasteiger partial charge in [-0.15, -0.1) is 0 Å². The number of nitro groups is 1. The van der Waals surface area contributed by atoms with Gasteiger partial charge in [0.05, 0.1) is 11.5 Å². The molecule has 1 fully saturated rings. The van der Waals surface area contributed by atoms with E-state index in [1.165, 1.54) is 6.07 Å². The van der Waals surface area contributed by atoms with E-state index in [9.17, 15) is 14.9 Å². The fraction of sp³-hybridized carbons (Fsp3) is 0.278. The zero-order valence-electron chi connectivity index (χ0n) is 13.6. The first-order valence-corrected chi connectivity index (χ1v) is 8.13. The van der Waals surface area contributed by atoms with Crippen molar-refractivity contribution in [1.29, 1.82) is 0 Å². The van der Waals surface area contributed by atoms with Crippen LogP contribution in [0.2, 0.25) is 0 Å². The molecule has 0 atom stereocenters. The van der Waals surface area contributed by atoms with Gasteiger partial charge in [0, 0.05) is 30.4 Å². The number of hydrogen-bond donors (Lipinski definition) is 2. The maximum Gasteiger partial charge on any atom is 0.293 e. The molecule has 0 bridgehead atoms. The highest BCUT2D eigenvalue weighted by Gasteiger charge is 2.23. The molecule has 2 aromatic rings. The molecule has 0 unspecified atom stereocenters. The molecule has 7 heteroatoms. The largest absolute Gasteiger partial charge is 0.392 e. The molecule has 1 amide bonds. The maximum absolute atomic E-state index is 12.4. The Morgan fingerprint density at radius 1 is 1.20 bits per heavy atom. The van der Waals surface area contributed by atoms with E-state index in [0.29, 0.717) is 16.9 Å². The minimum atomic E-state index is -0.448. The normalized spacial score (nSPS) is 13.7. The molecule has 1 heterocycles. The second kappa shape index (κ2) is 7.31. The first kappa shape index (κ1) is 16.9. The number of benzene rings is 2. The highest BCUT2D eigenvalue weighted by molar-refractivity contribution is 6.05. The zero-order chi connectivity index (χ0) is 17.8. The Morgan fingerprint density at radius 2 is 1.96 bits per heavy atom. The Balaban J connectivity index is 1.84. The number of carbonyl (C=O) groups is 1. The fourth-order valence-corrected chi connectivity index (χ4v) is 2.99. The minimum absolute atomic E-state index is 0.0568. The predicted molar refractivity (Wildman–Crippen MR) is 94.9 cm³/mol. The van der Waals surface area contributed by atoms with Crippen molar-refractivity contribution in [2.24, 2.45) is 0 Å². The number of carbonyl (C=O) groups excluding carboxylic acids is 1. The fourth-order valence-electron chi connectivity index (χ4n) is 2.99. The van der Waals surface area contributed by atoms with E-state index in [4.69, 9.17) is 5.11 Å². The average Bonchev–Trinajstić information content (AvgIpc) is 3.15. The van der Waals surface area contributed by atoms with Crippen LogP contribution in [0.4, 0.5) is 17.1 Å². The summed E-state index contributed by atoms with van der Waals surface area (Å²) in [6.45, 7) is 1.46. The number of aliphatic hydroxyl groups is 1. The lowest BCUT2D eigenvalue weighted by Gasteiger charge is -2.17. The van der Waals surface area contributed by atoms with Gasteiger partial charge in [-0.25, -0.2) is 0 Å². The van der Waals surface area contributed by atoms with Gasteiger partial charge in [0.2, 0.25) is 0 Å². The van der Waals surface area contributed by atoms with E-state index in [1.54, 1.807) is 36.4 Å². The van der Waals surface area contributed by atoms with E-state index in [2.05, 4.69) is 5.32 Å². The molecule has 0 aliphatic carbocycles. The monoisotopic (exact) mass is 341 g/mol. The molecule has 1 aliphatic rings. The van der Waals surface area contributed by atoms with E-state index < -0.39 is 10.8 Å². The van der Waals surface area contributed by atoms with Crippen molar-refractivity contribution >= 4 is 23.0 Å². The summed E-state index contributed by atoms with van der Waals surface area (Å²) < 4.78 is 0. The van der Waals surface area contributed by atoms with Gasteiger partial charge < -0.3 is 15.3 Å². The van der Waals surface area contributed by atoms with Gasteiger partial charge in [0.15, 0.2) is 0 Å². The molecule has 130 valence electrons. The van der Waals surface area contributed by atoms with Crippen molar-refractivity contribution in [2.75, 3.05) is 23.3 Å². The standard InChI is InChI=1S/C18H19N3O4/c22-12-13-4-3-5-15(10-13)19-18(23)14-6-7-16(17(11-14)21(24)25)20-8-1-2-9-20/h3-7,10-11,22H,1-2,8-9,12H2,(H,19,23). The Hall–Kier alpha value is -2.93. The lowest BCUT2D eigenvalue weighted by Crippen LogP contribution is -2.19. The minimum Gasteiger partial charge on any atom is -0.392 e. The summed E-state index contributed by atoms with van der Waals surface area (Å²) in [6, 6.07) is 11.4. The van der Waals surface area contributed by atoms with Crippen LogP contribution in [0.1, 0.15) is 28.8 Å². The van der Waals surface area contributed by atoms with E-state index in [0.717, 1.165) is 25.9 Å². The summed E-state index contributed by atoms with van der Waals surface area (Å²) in [5, 5.41) is 23.3. The number of nitrogens with one attached hydrogen (secondary N) is 1. The average molecular weight is 341 g/mol. The van der Waals surface area contributed by atoms with Crippen molar-refractivity contribution in [3.05, 3.63) is 63.7 Å². The third-order valence-corrected chi connectivity index (χ3v) is 4.25. The first-order chi connectivity index (χ1) is 12.1. The van der Waals surface area contributed by atoms with Crippen LogP contribution in [0.25, 0.3) is 0 Å². The van der Waals surface area contributed by atoms with Gasteiger partial charge in [-0.1, -0.05) is 12.1 Å². The van der Waals surface area contributed by atoms with Crippen molar-refractivity contribution in [2.45, 2.75) is 19.4 Å². The number of amides is 1. The summed E-state index contributed by atoms with van der Waals surface area (Å²) >= 11 is 0. The molecular weight excluding hydrogens is 322 g/mol. The van der Waals surface area contributed by atoms with E-state index >= 15 is 0 Å². The molecule has 1 aliphatic heterocycles. The first-order valence-electron chi connectivity index (χ1n) is 8.13. The van der Waals surface area contributed by atoms with Gasteiger partial charge >= 0.3 is 0 Å². The number of hydrogen-bond acceptors (Lipinski definition) is 5. The van der Waals surface area contributed by atoms with Crippen molar-refractivity contribution < 1.29 is 14.8 Å². The van der Waals surface area contributed by atoms with Gasteiger partial charge in [0.1, 0.15) is 5.69 Å². The Kier molecular flexibility index (Phi) is 4.95. The molecule has 0 aromatic heterocycles. The number of aliphatic hydroxyl groups excluding tert-OH is 1. The third kappa shape index (κ3) is 3.77. The van der Waals surface area contributed by atoms with Crippen LogP contribution in [0.15, 0.2) is 42.5 Å². The van der Waals surface area contributed by atoms with Crippen LogP contribution in [0, 0.1) is 10.1 Å². The third-order valence-electron chi connectivity index (χ3n) is 4.25. The van der Waals surface area contributed by atoms with Crippen LogP contribution in [-0.2, 0) is 6.61 Å². The van der Waals surface area contributed by atoms with Crippen molar-refractivity contribution in [1.82, 2.24) is 0 Å². The van der Waals surface area contributed by atoms with Crippen LogP contribution < -0.4 is 10.2 Å². The summed E-state index contributed by atoms with van der Waals surface area (Å²) in [7, 11) is 0. The molecule has 3 rings (SSSR count). The van der Waals surface area contributed by atoms with Crippen LogP contribution >= 0.6 is 0 Å². The zero-order valence-corrected chi connectivity index (χ0v) is 13.6. The maximum atomic E-state index is 12.4. The molecule has 1 saturated heterocycles. The second-order valence-corrected chi connectivity index (χ2v) is 5.97. The molecule has 25 heavy (non-hydrogen) atoms. The molecule has 0 spiro atoms. The molecule has 0 saturated carbocycles. The second-order valence-electron chi connectivity index (χ2n) is 5.97. The number of anilines is 2. The van der Waals surface area contributed by atoms with Crippen LogP contribution in [0.3, 0.4) is 0 Å². The van der Waals surface area contributed by atoms with Gasteiger partial charge in [-0.3, -0.25) is 14.9 Å². The van der Waals surface area contributed by atoms with Crippen LogP contribution in [-0.4, -0.2) is 29.0 Å². The van der Waals surface area contributed by atoms with Gasteiger partial charge in [-0.05, 0) is 42.7 Å². The van der Waals surface area contributed by atoms with Gasteiger partial charge in [0.25, 0.3) is 11.6 Å². The summed E-state index contributed by atoms with van der Waals surface area (Å²) in [5.41, 5.74) is 1.93.